The number of anilines is 1. The first-order chi connectivity index (χ1) is 20.2. The lowest BCUT2D eigenvalue weighted by atomic mass is 10.0. The zero-order valence-corrected chi connectivity index (χ0v) is 25.1. The molecule has 2 amide bonds. The minimum Gasteiger partial charge on any atom is -0.355 e. The molecule has 0 aliphatic heterocycles. The molecule has 4 aromatic rings. The van der Waals surface area contributed by atoms with Crippen molar-refractivity contribution < 1.29 is 18.0 Å². The van der Waals surface area contributed by atoms with Gasteiger partial charge in [-0.15, -0.1) is 0 Å². The summed E-state index contributed by atoms with van der Waals surface area (Å²) in [6.07, 6.45) is 0.278. The van der Waals surface area contributed by atoms with Crippen LogP contribution in [-0.4, -0.2) is 44.3 Å². The average Bonchev–Trinajstić information content (AvgIpc) is 3.00. The molecular weight excluding hydrogens is 546 g/mol. The van der Waals surface area contributed by atoms with Crippen LogP contribution < -0.4 is 9.62 Å². The number of sulfonamides is 1. The van der Waals surface area contributed by atoms with Crippen LogP contribution in [0.5, 0.6) is 0 Å². The average molecular weight is 584 g/mol. The number of hydrogen-bond acceptors (Lipinski definition) is 4. The van der Waals surface area contributed by atoms with Crippen molar-refractivity contribution in [2.45, 2.75) is 44.7 Å². The van der Waals surface area contributed by atoms with Gasteiger partial charge in [-0.1, -0.05) is 96.1 Å². The number of rotatable bonds is 12. The normalized spacial score (nSPS) is 11.9. The van der Waals surface area contributed by atoms with Crippen molar-refractivity contribution in [3.8, 4) is 0 Å². The molecular formula is C34H37N3O4S. The van der Waals surface area contributed by atoms with Gasteiger partial charge in [0.25, 0.3) is 10.0 Å². The summed E-state index contributed by atoms with van der Waals surface area (Å²) in [7, 11) is -4.10. The van der Waals surface area contributed by atoms with Crippen LogP contribution >= 0.6 is 0 Å². The highest BCUT2D eigenvalue weighted by atomic mass is 32.2. The van der Waals surface area contributed by atoms with Crippen LogP contribution in [0.1, 0.15) is 29.2 Å². The maximum atomic E-state index is 14.3. The summed E-state index contributed by atoms with van der Waals surface area (Å²) in [4.78, 5) is 29.4. The smallest absolute Gasteiger partial charge is 0.264 e. The van der Waals surface area contributed by atoms with E-state index in [1.807, 2.05) is 87.5 Å². The quantitative estimate of drug-likeness (QED) is 0.246. The third-order valence-corrected chi connectivity index (χ3v) is 8.82. The third-order valence-electron chi connectivity index (χ3n) is 7.03. The number of likely N-dealkylation sites (N-methyl/N-ethyl adjacent to an activating group) is 1. The lowest BCUT2D eigenvalue weighted by Gasteiger charge is -2.34. The second kappa shape index (κ2) is 14.0. The zero-order chi connectivity index (χ0) is 30.1. The zero-order valence-electron chi connectivity index (χ0n) is 24.2. The SMILES string of the molecule is CCNC(=O)[C@@H](Cc1ccccc1)N(Cc1ccc(C)cc1)C(=O)CN(c1ccc(C)cc1)S(=O)(=O)c1ccccc1. The van der Waals surface area contributed by atoms with Gasteiger partial charge in [0.2, 0.25) is 11.8 Å². The fourth-order valence-corrected chi connectivity index (χ4v) is 6.13. The molecule has 42 heavy (non-hydrogen) atoms. The molecule has 0 bridgehead atoms. The van der Waals surface area contributed by atoms with E-state index in [9.17, 15) is 18.0 Å². The van der Waals surface area contributed by atoms with Crippen LogP contribution in [0, 0.1) is 13.8 Å². The molecule has 0 fully saturated rings. The Hall–Kier alpha value is -4.43. The number of hydrogen-bond donors (Lipinski definition) is 1. The summed E-state index contributed by atoms with van der Waals surface area (Å²) >= 11 is 0. The van der Waals surface area contributed by atoms with E-state index in [-0.39, 0.29) is 23.8 Å². The maximum absolute atomic E-state index is 14.3. The molecule has 7 nitrogen and oxygen atoms in total. The molecule has 4 rings (SSSR count). The molecule has 8 heteroatoms. The summed E-state index contributed by atoms with van der Waals surface area (Å²) in [5, 5.41) is 2.88. The molecule has 0 unspecified atom stereocenters. The van der Waals surface area contributed by atoms with Gasteiger partial charge in [-0.2, -0.15) is 0 Å². The van der Waals surface area contributed by atoms with E-state index in [4.69, 9.17) is 0 Å². The Bertz CT molecular complexity index is 1570. The number of nitrogens with one attached hydrogen (secondary N) is 1. The van der Waals surface area contributed by atoms with Crippen LogP contribution in [0.2, 0.25) is 0 Å². The fourth-order valence-electron chi connectivity index (χ4n) is 4.70. The number of aryl methyl sites for hydroxylation is 2. The Morgan fingerprint density at radius 1 is 0.738 bits per heavy atom. The van der Waals surface area contributed by atoms with Gasteiger partial charge in [0.1, 0.15) is 12.6 Å². The first kappa shape index (κ1) is 30.5. The molecule has 1 atom stereocenters. The van der Waals surface area contributed by atoms with Crippen molar-refractivity contribution in [2.75, 3.05) is 17.4 Å². The van der Waals surface area contributed by atoms with Crippen LogP contribution in [0.3, 0.4) is 0 Å². The molecule has 0 saturated carbocycles. The van der Waals surface area contributed by atoms with Crippen molar-refractivity contribution in [1.82, 2.24) is 10.2 Å². The number of carbonyl (C=O) groups excluding carboxylic acids is 2. The Kier molecular flexibility index (Phi) is 10.1. The highest BCUT2D eigenvalue weighted by Gasteiger charge is 2.34. The number of amides is 2. The highest BCUT2D eigenvalue weighted by Crippen LogP contribution is 2.25. The molecule has 0 spiro atoms. The molecule has 218 valence electrons. The van der Waals surface area contributed by atoms with Gasteiger partial charge in [0.15, 0.2) is 0 Å². The van der Waals surface area contributed by atoms with E-state index in [0.29, 0.717) is 12.2 Å². The Morgan fingerprint density at radius 3 is 1.86 bits per heavy atom. The highest BCUT2D eigenvalue weighted by molar-refractivity contribution is 7.92. The third kappa shape index (κ3) is 7.64. The largest absolute Gasteiger partial charge is 0.355 e. The van der Waals surface area contributed by atoms with Gasteiger partial charge in [0, 0.05) is 19.5 Å². The molecule has 0 radical (unpaired) electrons. The van der Waals surface area contributed by atoms with Gasteiger partial charge in [-0.25, -0.2) is 8.42 Å². The molecule has 0 aliphatic rings. The van der Waals surface area contributed by atoms with Crippen LogP contribution in [0.15, 0.2) is 114 Å². The molecule has 0 heterocycles. The molecule has 0 saturated heterocycles. The van der Waals surface area contributed by atoms with Crippen molar-refractivity contribution in [3.05, 3.63) is 131 Å². The van der Waals surface area contributed by atoms with Crippen molar-refractivity contribution in [1.29, 1.82) is 0 Å². The van der Waals surface area contributed by atoms with E-state index in [1.54, 1.807) is 30.3 Å². The van der Waals surface area contributed by atoms with E-state index >= 15 is 0 Å². The Balaban J connectivity index is 1.78. The maximum Gasteiger partial charge on any atom is 0.264 e. The second-order valence-electron chi connectivity index (χ2n) is 10.3. The molecule has 1 N–H and O–H groups in total. The predicted octanol–water partition coefficient (Wildman–Crippen LogP) is 5.27. The van der Waals surface area contributed by atoms with Gasteiger partial charge < -0.3 is 10.2 Å². The second-order valence-corrected chi connectivity index (χ2v) is 12.1. The van der Waals surface area contributed by atoms with E-state index < -0.39 is 28.5 Å². The van der Waals surface area contributed by atoms with Crippen LogP contribution in [0.25, 0.3) is 0 Å². The first-order valence-corrected chi connectivity index (χ1v) is 15.4. The van der Waals surface area contributed by atoms with Crippen LogP contribution in [-0.2, 0) is 32.6 Å². The van der Waals surface area contributed by atoms with Crippen molar-refractivity contribution in [2.24, 2.45) is 0 Å². The first-order valence-electron chi connectivity index (χ1n) is 14.0. The van der Waals surface area contributed by atoms with Crippen LogP contribution in [0.4, 0.5) is 5.69 Å². The molecule has 0 aromatic heterocycles. The van der Waals surface area contributed by atoms with Gasteiger partial charge in [-0.05, 0) is 56.2 Å². The minimum atomic E-state index is -4.10. The monoisotopic (exact) mass is 583 g/mol. The Morgan fingerprint density at radius 2 is 1.29 bits per heavy atom. The number of benzene rings is 4. The van der Waals surface area contributed by atoms with Gasteiger partial charge in [-0.3, -0.25) is 13.9 Å². The topological polar surface area (TPSA) is 86.8 Å². The van der Waals surface area contributed by atoms with Crippen molar-refractivity contribution in [3.63, 3.8) is 0 Å². The number of carbonyl (C=O) groups is 2. The van der Waals surface area contributed by atoms with E-state index in [2.05, 4.69) is 5.32 Å². The molecule has 0 aliphatic carbocycles. The van der Waals surface area contributed by atoms with E-state index in [1.165, 1.54) is 17.0 Å². The standard InChI is InChI=1S/C34H37N3O4S/c1-4-35-34(39)32(23-28-11-7-5-8-12-28)36(24-29-19-15-26(2)16-20-29)33(38)25-37(30-21-17-27(3)18-22-30)42(40,41)31-13-9-6-10-14-31/h5-22,32H,4,23-25H2,1-3H3,(H,35,39)/t32-/m1/s1. The number of nitrogens with zero attached hydrogens (tertiary/aromatic N) is 2. The molecule has 4 aromatic carbocycles. The minimum absolute atomic E-state index is 0.0769. The fraction of sp³-hybridized carbons (Fsp3) is 0.235. The summed E-state index contributed by atoms with van der Waals surface area (Å²) in [5.74, 6) is -0.780. The Labute approximate surface area is 248 Å². The van der Waals surface area contributed by atoms with E-state index in [0.717, 1.165) is 26.6 Å². The lowest BCUT2D eigenvalue weighted by Crippen LogP contribution is -2.53. The van der Waals surface area contributed by atoms with Crippen molar-refractivity contribution >= 4 is 27.5 Å². The predicted molar refractivity (Wildman–Crippen MR) is 166 cm³/mol. The summed E-state index contributed by atoms with van der Waals surface area (Å²) in [6, 6.07) is 31.5. The van der Waals surface area contributed by atoms with Gasteiger partial charge in [0.05, 0.1) is 10.6 Å². The van der Waals surface area contributed by atoms with Gasteiger partial charge >= 0.3 is 0 Å². The summed E-state index contributed by atoms with van der Waals surface area (Å²) in [5.41, 5.74) is 4.13. The summed E-state index contributed by atoms with van der Waals surface area (Å²) < 4.78 is 29.0. The lowest BCUT2D eigenvalue weighted by molar-refractivity contribution is -0.140. The summed E-state index contributed by atoms with van der Waals surface area (Å²) in [6.45, 7) is 5.78.